The Morgan fingerprint density at radius 2 is 2.26 bits per heavy atom. The molecule has 9 heteroatoms. The highest BCUT2D eigenvalue weighted by molar-refractivity contribution is 5.83. The van der Waals surface area contributed by atoms with Crippen LogP contribution in [0.5, 0.6) is 5.75 Å². The van der Waals surface area contributed by atoms with Gasteiger partial charge in [0.25, 0.3) is 0 Å². The molecule has 0 bridgehead atoms. The van der Waals surface area contributed by atoms with E-state index in [1.807, 2.05) is 36.0 Å². The van der Waals surface area contributed by atoms with E-state index in [9.17, 15) is 4.79 Å². The molecular formula is C18H21N7O2. The molecule has 1 atom stereocenters. The highest BCUT2D eigenvalue weighted by Crippen LogP contribution is 2.35. The summed E-state index contributed by atoms with van der Waals surface area (Å²) < 4.78 is 9.78. The predicted molar refractivity (Wildman–Crippen MR) is 100 cm³/mol. The van der Waals surface area contributed by atoms with Crippen molar-refractivity contribution in [2.75, 3.05) is 11.9 Å². The second-order valence-corrected chi connectivity index (χ2v) is 6.37. The number of hydrogen-bond acceptors (Lipinski definition) is 6. The molecule has 0 spiro atoms. The zero-order valence-corrected chi connectivity index (χ0v) is 15.2. The topological polar surface area (TPSA) is 113 Å². The summed E-state index contributed by atoms with van der Waals surface area (Å²) in [5.74, 6) is 1.86. The summed E-state index contributed by atoms with van der Waals surface area (Å²) >= 11 is 0. The first-order valence-corrected chi connectivity index (χ1v) is 8.85. The highest BCUT2D eigenvalue weighted by Gasteiger charge is 2.21. The molecule has 2 aromatic heterocycles. The van der Waals surface area contributed by atoms with Gasteiger partial charge in [-0.15, -0.1) is 0 Å². The van der Waals surface area contributed by atoms with Gasteiger partial charge in [0.05, 0.1) is 12.1 Å². The number of anilines is 1. The van der Waals surface area contributed by atoms with E-state index < -0.39 is 11.9 Å². The Bertz CT molecular complexity index is 992. The van der Waals surface area contributed by atoms with Gasteiger partial charge in [0.1, 0.15) is 36.2 Å². The van der Waals surface area contributed by atoms with Crippen LogP contribution in [-0.2, 0) is 17.9 Å². The summed E-state index contributed by atoms with van der Waals surface area (Å²) in [5, 5.41) is 7.29. The standard InChI is InChI=1S/C18H21N7O2/c1-3-25-18(20-10-21-25)14-9-24-6-7-27-15-8-12(22-11(2)16(19)26)4-5-13(15)17(24)23-14/h4-5,8-11,22H,3,6-7H2,1-2H3,(H2,19,26)/t11-/m0/s1. The minimum Gasteiger partial charge on any atom is -0.491 e. The van der Waals surface area contributed by atoms with Crippen molar-refractivity contribution in [1.29, 1.82) is 0 Å². The summed E-state index contributed by atoms with van der Waals surface area (Å²) in [6.45, 7) is 5.66. The Labute approximate surface area is 156 Å². The summed E-state index contributed by atoms with van der Waals surface area (Å²) in [5.41, 5.74) is 7.76. The number of nitrogens with two attached hydrogens (primary N) is 1. The summed E-state index contributed by atoms with van der Waals surface area (Å²) in [6, 6.07) is 5.22. The van der Waals surface area contributed by atoms with Gasteiger partial charge in [0.15, 0.2) is 5.82 Å². The molecule has 0 aliphatic carbocycles. The molecule has 4 rings (SSSR count). The SMILES string of the molecule is CCn1ncnc1-c1cn2c(n1)-c1ccc(N[C@@H](C)C(N)=O)cc1OCC2. The second-order valence-electron chi connectivity index (χ2n) is 6.37. The number of fused-ring (bicyclic) bond motifs is 3. The summed E-state index contributed by atoms with van der Waals surface area (Å²) in [6.07, 6.45) is 3.52. The fourth-order valence-corrected chi connectivity index (χ4v) is 3.09. The van der Waals surface area contributed by atoms with Gasteiger partial charge in [-0.2, -0.15) is 5.10 Å². The Morgan fingerprint density at radius 1 is 1.41 bits per heavy atom. The Morgan fingerprint density at radius 3 is 3.04 bits per heavy atom. The molecule has 0 radical (unpaired) electrons. The van der Waals surface area contributed by atoms with Gasteiger partial charge in [0, 0.05) is 24.5 Å². The van der Waals surface area contributed by atoms with Crippen LogP contribution in [0.1, 0.15) is 13.8 Å². The molecule has 0 saturated carbocycles. The fourth-order valence-electron chi connectivity index (χ4n) is 3.09. The molecule has 1 aliphatic rings. The van der Waals surface area contributed by atoms with Gasteiger partial charge in [-0.25, -0.2) is 14.6 Å². The smallest absolute Gasteiger partial charge is 0.239 e. The Balaban J connectivity index is 1.72. The first-order valence-electron chi connectivity index (χ1n) is 8.85. The van der Waals surface area contributed by atoms with E-state index in [1.165, 1.54) is 6.33 Å². The summed E-state index contributed by atoms with van der Waals surface area (Å²) in [4.78, 5) is 20.4. The van der Waals surface area contributed by atoms with Crippen LogP contribution in [0.15, 0.2) is 30.7 Å². The molecule has 3 N–H and O–H groups in total. The lowest BCUT2D eigenvalue weighted by Crippen LogP contribution is -2.32. The Kier molecular flexibility index (Phi) is 4.27. The molecular weight excluding hydrogens is 346 g/mol. The first kappa shape index (κ1) is 17.1. The third kappa shape index (κ3) is 3.12. The molecule has 0 fully saturated rings. The average molecular weight is 367 g/mol. The van der Waals surface area contributed by atoms with Gasteiger partial charge in [-0.1, -0.05) is 0 Å². The van der Waals surface area contributed by atoms with Crippen molar-refractivity contribution in [1.82, 2.24) is 24.3 Å². The number of primary amides is 1. The van der Waals surface area contributed by atoms with Crippen molar-refractivity contribution in [3.63, 3.8) is 0 Å². The highest BCUT2D eigenvalue weighted by atomic mass is 16.5. The normalized spacial score (nSPS) is 13.9. The predicted octanol–water partition coefficient (Wildman–Crippen LogP) is 1.51. The Hall–Kier alpha value is -3.36. The van der Waals surface area contributed by atoms with Gasteiger partial charge in [0.2, 0.25) is 5.91 Å². The van der Waals surface area contributed by atoms with Crippen molar-refractivity contribution in [3.05, 3.63) is 30.7 Å². The number of hydrogen-bond donors (Lipinski definition) is 2. The zero-order valence-electron chi connectivity index (χ0n) is 15.2. The number of carbonyl (C=O) groups excluding carboxylic acids is 1. The number of aromatic nitrogens is 5. The first-order chi connectivity index (χ1) is 13.1. The molecule has 1 aliphatic heterocycles. The van der Waals surface area contributed by atoms with Crippen molar-refractivity contribution in [2.45, 2.75) is 33.0 Å². The summed E-state index contributed by atoms with van der Waals surface area (Å²) in [7, 11) is 0. The van der Waals surface area contributed by atoms with Crippen LogP contribution in [-0.4, -0.2) is 42.9 Å². The van der Waals surface area contributed by atoms with Crippen molar-refractivity contribution < 1.29 is 9.53 Å². The number of amides is 1. The lowest BCUT2D eigenvalue weighted by Gasteiger charge is -2.14. The number of ether oxygens (including phenoxy) is 1. The molecule has 9 nitrogen and oxygen atoms in total. The maximum atomic E-state index is 11.3. The van der Waals surface area contributed by atoms with E-state index in [1.54, 1.807) is 6.92 Å². The lowest BCUT2D eigenvalue weighted by molar-refractivity contribution is -0.118. The van der Waals surface area contributed by atoms with Gasteiger partial charge in [-0.3, -0.25) is 4.79 Å². The quantitative estimate of drug-likeness (QED) is 0.707. The minimum atomic E-state index is -0.470. The largest absolute Gasteiger partial charge is 0.491 e. The maximum absolute atomic E-state index is 11.3. The second kappa shape index (κ2) is 6.75. The van der Waals surface area contributed by atoms with Crippen LogP contribution in [0.3, 0.4) is 0 Å². The molecule has 0 saturated heterocycles. The van der Waals surface area contributed by atoms with Crippen LogP contribution in [0.4, 0.5) is 5.69 Å². The number of aryl methyl sites for hydroxylation is 1. The van der Waals surface area contributed by atoms with Crippen LogP contribution in [0.25, 0.3) is 22.9 Å². The van der Waals surface area contributed by atoms with Crippen molar-refractivity contribution in [3.8, 4) is 28.7 Å². The fraction of sp³-hybridized carbons (Fsp3) is 0.333. The van der Waals surface area contributed by atoms with E-state index in [-0.39, 0.29) is 0 Å². The minimum absolute atomic E-state index is 0.411. The molecule has 1 amide bonds. The van der Waals surface area contributed by atoms with Crippen molar-refractivity contribution >= 4 is 11.6 Å². The van der Waals surface area contributed by atoms with Crippen LogP contribution in [0.2, 0.25) is 0 Å². The van der Waals surface area contributed by atoms with Gasteiger partial charge < -0.3 is 20.4 Å². The van der Waals surface area contributed by atoms with Gasteiger partial charge in [-0.05, 0) is 26.0 Å². The van der Waals surface area contributed by atoms with Gasteiger partial charge >= 0.3 is 0 Å². The maximum Gasteiger partial charge on any atom is 0.239 e. The monoisotopic (exact) mass is 367 g/mol. The number of nitrogens with one attached hydrogen (secondary N) is 1. The van der Waals surface area contributed by atoms with Crippen LogP contribution in [0, 0.1) is 0 Å². The van der Waals surface area contributed by atoms with E-state index >= 15 is 0 Å². The molecule has 27 heavy (non-hydrogen) atoms. The third-order valence-corrected chi connectivity index (χ3v) is 4.54. The van der Waals surface area contributed by atoms with E-state index in [4.69, 9.17) is 15.5 Å². The van der Waals surface area contributed by atoms with Crippen molar-refractivity contribution in [2.24, 2.45) is 5.73 Å². The number of rotatable bonds is 5. The van der Waals surface area contributed by atoms with Crippen LogP contribution >= 0.6 is 0 Å². The average Bonchev–Trinajstić information content (AvgIpc) is 3.25. The van der Waals surface area contributed by atoms with E-state index in [2.05, 4.69) is 20.0 Å². The number of imidazole rings is 1. The number of carbonyl (C=O) groups is 1. The molecule has 140 valence electrons. The lowest BCUT2D eigenvalue weighted by atomic mass is 10.1. The van der Waals surface area contributed by atoms with Crippen LogP contribution < -0.4 is 15.8 Å². The molecule has 3 aromatic rings. The molecule has 0 unspecified atom stereocenters. The third-order valence-electron chi connectivity index (χ3n) is 4.54. The molecule has 1 aromatic carbocycles. The van der Waals surface area contributed by atoms with E-state index in [0.717, 1.165) is 35.1 Å². The van der Waals surface area contributed by atoms with E-state index in [0.29, 0.717) is 18.9 Å². The number of nitrogens with zero attached hydrogens (tertiary/aromatic N) is 5. The number of benzene rings is 1. The zero-order chi connectivity index (χ0) is 19.0. The molecule has 3 heterocycles.